The minimum Gasteiger partial charge on any atom is -0.506 e. The van der Waals surface area contributed by atoms with Gasteiger partial charge in [-0.25, -0.2) is 4.68 Å². The topological polar surface area (TPSA) is 64.1 Å². The van der Waals surface area contributed by atoms with Crippen LogP contribution in [0.4, 0.5) is 4.39 Å². The lowest BCUT2D eigenvalue weighted by molar-refractivity contribution is 0.459. The van der Waals surface area contributed by atoms with Crippen molar-refractivity contribution < 1.29 is 9.50 Å². The highest BCUT2D eigenvalue weighted by Crippen LogP contribution is 2.22. The molecule has 4 nitrogen and oxygen atoms in total. The number of rotatable bonds is 3. The van der Waals surface area contributed by atoms with E-state index in [9.17, 15) is 9.50 Å². The van der Waals surface area contributed by atoms with Crippen molar-refractivity contribution in [3.05, 3.63) is 42.0 Å². The van der Waals surface area contributed by atoms with E-state index in [1.54, 1.807) is 18.2 Å². The van der Waals surface area contributed by atoms with Crippen LogP contribution in [0.2, 0.25) is 0 Å². The third-order valence-electron chi connectivity index (χ3n) is 2.30. The van der Waals surface area contributed by atoms with Crippen molar-refractivity contribution in [2.24, 2.45) is 5.73 Å². The second kappa shape index (κ2) is 4.32. The molecular formula is C11H12FN3O. The lowest BCUT2D eigenvalue weighted by Crippen LogP contribution is -2.05. The van der Waals surface area contributed by atoms with Crippen molar-refractivity contribution in [2.75, 3.05) is 6.54 Å². The number of nitrogens with zero attached hydrogens (tertiary/aromatic N) is 2. The number of benzene rings is 1. The van der Waals surface area contributed by atoms with Crippen LogP contribution in [-0.4, -0.2) is 21.4 Å². The molecule has 3 N–H and O–H groups in total. The standard InChI is InChI=1S/C11H12FN3O/c12-11-8(5-6-13)7-14-15(11)9-3-1-2-4-10(9)16/h1-4,7,16H,5-6,13H2. The monoisotopic (exact) mass is 221 g/mol. The molecule has 1 heterocycles. The molecule has 0 bridgehead atoms. The van der Waals surface area contributed by atoms with E-state index in [0.717, 1.165) is 4.68 Å². The van der Waals surface area contributed by atoms with Crippen LogP contribution < -0.4 is 5.73 Å². The summed E-state index contributed by atoms with van der Waals surface area (Å²) in [6, 6.07) is 6.45. The number of phenols is 1. The maximum absolute atomic E-state index is 13.8. The summed E-state index contributed by atoms with van der Waals surface area (Å²) in [5.41, 5.74) is 6.13. The molecule has 1 aromatic heterocycles. The molecule has 0 radical (unpaired) electrons. The first-order valence-corrected chi connectivity index (χ1v) is 4.95. The number of halogens is 1. The zero-order valence-corrected chi connectivity index (χ0v) is 8.60. The zero-order chi connectivity index (χ0) is 11.5. The fourth-order valence-corrected chi connectivity index (χ4v) is 1.50. The maximum Gasteiger partial charge on any atom is 0.219 e. The predicted octanol–water partition coefficient (Wildman–Crippen LogP) is 1.22. The summed E-state index contributed by atoms with van der Waals surface area (Å²) in [5.74, 6) is -0.490. The van der Waals surface area contributed by atoms with Crippen molar-refractivity contribution in [1.82, 2.24) is 9.78 Å². The highest BCUT2D eigenvalue weighted by atomic mass is 19.1. The molecule has 16 heavy (non-hydrogen) atoms. The molecule has 2 aromatic rings. The largest absolute Gasteiger partial charge is 0.506 e. The van der Waals surface area contributed by atoms with E-state index < -0.39 is 5.95 Å². The Balaban J connectivity index is 2.45. The highest BCUT2D eigenvalue weighted by molar-refractivity contribution is 5.45. The molecule has 5 heteroatoms. The smallest absolute Gasteiger partial charge is 0.219 e. The molecule has 2 rings (SSSR count). The van der Waals surface area contributed by atoms with Crippen LogP contribution in [0.3, 0.4) is 0 Å². The average Bonchev–Trinajstić information content (AvgIpc) is 2.62. The minimum absolute atomic E-state index is 0.0104. The van der Waals surface area contributed by atoms with Gasteiger partial charge in [-0.1, -0.05) is 12.1 Å². The van der Waals surface area contributed by atoms with Gasteiger partial charge < -0.3 is 10.8 Å². The summed E-state index contributed by atoms with van der Waals surface area (Å²) in [5, 5.41) is 13.5. The van der Waals surface area contributed by atoms with Gasteiger partial charge in [0.1, 0.15) is 11.4 Å². The van der Waals surface area contributed by atoms with Crippen molar-refractivity contribution in [3.8, 4) is 11.4 Å². The predicted molar refractivity (Wildman–Crippen MR) is 57.9 cm³/mol. The SMILES string of the molecule is NCCc1cnn(-c2ccccc2O)c1F. The molecular weight excluding hydrogens is 209 g/mol. The van der Waals surface area contributed by atoms with Crippen LogP contribution in [-0.2, 0) is 6.42 Å². The third-order valence-corrected chi connectivity index (χ3v) is 2.30. The third kappa shape index (κ3) is 1.77. The van der Waals surface area contributed by atoms with Crippen molar-refractivity contribution >= 4 is 0 Å². The van der Waals surface area contributed by atoms with E-state index >= 15 is 0 Å². The van der Waals surface area contributed by atoms with Gasteiger partial charge in [-0.05, 0) is 25.1 Å². The summed E-state index contributed by atoms with van der Waals surface area (Å²) in [6.07, 6.45) is 1.86. The average molecular weight is 221 g/mol. The molecule has 0 atom stereocenters. The molecule has 0 spiro atoms. The second-order valence-electron chi connectivity index (χ2n) is 3.40. The summed E-state index contributed by atoms with van der Waals surface area (Å²) < 4.78 is 14.9. The molecule has 0 aliphatic rings. The Hall–Kier alpha value is -1.88. The zero-order valence-electron chi connectivity index (χ0n) is 8.60. The molecule has 0 aliphatic carbocycles. The summed E-state index contributed by atoms with van der Waals surface area (Å²) in [7, 11) is 0. The van der Waals surface area contributed by atoms with E-state index in [-0.39, 0.29) is 5.75 Å². The van der Waals surface area contributed by atoms with Crippen molar-refractivity contribution in [3.63, 3.8) is 0 Å². The number of para-hydroxylation sites is 2. The Morgan fingerprint density at radius 1 is 1.38 bits per heavy atom. The van der Waals surface area contributed by atoms with Crippen LogP contribution in [0, 0.1) is 5.95 Å². The Labute approximate surface area is 92.1 Å². The minimum atomic E-state index is -0.480. The highest BCUT2D eigenvalue weighted by Gasteiger charge is 2.13. The second-order valence-corrected chi connectivity index (χ2v) is 3.40. The molecule has 0 fully saturated rings. The summed E-state index contributed by atoms with van der Waals surface area (Å²) >= 11 is 0. The van der Waals surface area contributed by atoms with Gasteiger partial charge in [0.2, 0.25) is 5.95 Å². The van der Waals surface area contributed by atoms with Crippen LogP contribution >= 0.6 is 0 Å². The first kappa shape index (κ1) is 10.6. The number of phenolic OH excluding ortho intramolecular Hbond substituents is 1. The Kier molecular flexibility index (Phi) is 2.87. The van der Waals surface area contributed by atoms with E-state index in [1.807, 2.05) is 0 Å². The van der Waals surface area contributed by atoms with E-state index in [1.165, 1.54) is 12.3 Å². The van der Waals surface area contributed by atoms with E-state index in [2.05, 4.69) is 5.10 Å². The molecule has 1 aromatic carbocycles. The van der Waals surface area contributed by atoms with Gasteiger partial charge in [-0.2, -0.15) is 9.49 Å². The fraction of sp³-hybridized carbons (Fsp3) is 0.182. The van der Waals surface area contributed by atoms with Crippen molar-refractivity contribution in [2.45, 2.75) is 6.42 Å². The normalized spacial score (nSPS) is 10.6. The van der Waals surface area contributed by atoms with E-state index in [4.69, 9.17) is 5.73 Å². The van der Waals surface area contributed by atoms with Crippen LogP contribution in [0.25, 0.3) is 5.69 Å². The lowest BCUT2D eigenvalue weighted by Gasteiger charge is -2.04. The van der Waals surface area contributed by atoms with Gasteiger partial charge in [-0.15, -0.1) is 0 Å². The first-order chi connectivity index (χ1) is 7.74. The number of hydrogen-bond donors (Lipinski definition) is 2. The molecule has 0 unspecified atom stereocenters. The molecule has 0 aliphatic heterocycles. The van der Waals surface area contributed by atoms with Gasteiger partial charge in [0.25, 0.3) is 0 Å². The number of nitrogens with two attached hydrogens (primary N) is 1. The molecule has 84 valence electrons. The van der Waals surface area contributed by atoms with Gasteiger partial charge in [-0.3, -0.25) is 0 Å². The van der Waals surface area contributed by atoms with Gasteiger partial charge in [0.05, 0.1) is 6.20 Å². The van der Waals surface area contributed by atoms with Gasteiger partial charge in [0, 0.05) is 5.56 Å². The Morgan fingerprint density at radius 2 is 2.12 bits per heavy atom. The molecule has 0 amide bonds. The lowest BCUT2D eigenvalue weighted by atomic mass is 10.2. The Bertz CT molecular complexity index is 496. The molecule has 0 saturated heterocycles. The quantitative estimate of drug-likeness (QED) is 0.819. The first-order valence-electron chi connectivity index (χ1n) is 4.95. The number of aromatic hydroxyl groups is 1. The van der Waals surface area contributed by atoms with Crippen LogP contribution in [0.15, 0.2) is 30.5 Å². The van der Waals surface area contributed by atoms with Crippen molar-refractivity contribution in [1.29, 1.82) is 0 Å². The van der Waals surface area contributed by atoms with E-state index in [0.29, 0.717) is 24.2 Å². The summed E-state index contributed by atoms with van der Waals surface area (Å²) in [4.78, 5) is 0. The number of aromatic nitrogens is 2. The molecule has 0 saturated carbocycles. The van der Waals surface area contributed by atoms with Crippen LogP contribution in [0.1, 0.15) is 5.56 Å². The number of hydrogen-bond acceptors (Lipinski definition) is 3. The van der Waals surface area contributed by atoms with Crippen LogP contribution in [0.5, 0.6) is 5.75 Å². The summed E-state index contributed by atoms with van der Waals surface area (Å²) in [6.45, 7) is 0.364. The van der Waals surface area contributed by atoms with Gasteiger partial charge in [0.15, 0.2) is 0 Å². The maximum atomic E-state index is 13.8. The Morgan fingerprint density at radius 3 is 2.81 bits per heavy atom. The van der Waals surface area contributed by atoms with Gasteiger partial charge >= 0.3 is 0 Å². The fourth-order valence-electron chi connectivity index (χ4n) is 1.50.